The molecule has 1 aliphatic rings. The SMILES string of the molecule is CN(CCC(=O)NC(=O)NCC(F)(F)F)C1CCN(C(=O)OC(C)(C)C)CC1. The number of imide groups is 1. The van der Waals surface area contributed by atoms with Crippen molar-refractivity contribution >= 4 is 18.0 Å². The van der Waals surface area contributed by atoms with Crippen molar-refractivity contribution in [2.24, 2.45) is 0 Å². The summed E-state index contributed by atoms with van der Waals surface area (Å²) in [6.07, 6.45) is -3.48. The second-order valence-corrected chi connectivity index (χ2v) is 7.78. The Balaban J connectivity index is 2.29. The lowest BCUT2D eigenvalue weighted by atomic mass is 10.0. The summed E-state index contributed by atoms with van der Waals surface area (Å²) in [5.41, 5.74) is -0.551. The van der Waals surface area contributed by atoms with Crippen molar-refractivity contribution in [3.8, 4) is 0 Å². The number of nitrogens with one attached hydrogen (secondary N) is 2. The molecule has 11 heteroatoms. The number of carbonyl (C=O) groups is 3. The summed E-state index contributed by atoms with van der Waals surface area (Å²) in [6, 6.07) is -1.01. The number of likely N-dealkylation sites (tertiary alicyclic amines) is 1. The van der Waals surface area contributed by atoms with Gasteiger partial charge in [0.05, 0.1) is 0 Å². The highest BCUT2D eigenvalue weighted by Gasteiger charge is 2.29. The van der Waals surface area contributed by atoms with E-state index in [1.807, 2.05) is 17.3 Å². The van der Waals surface area contributed by atoms with Crippen LogP contribution >= 0.6 is 0 Å². The molecule has 0 spiro atoms. The smallest absolute Gasteiger partial charge is 0.410 e. The topological polar surface area (TPSA) is 91.0 Å². The Kier molecular flexibility index (Phi) is 8.52. The Morgan fingerprint density at radius 1 is 1.14 bits per heavy atom. The summed E-state index contributed by atoms with van der Waals surface area (Å²) in [7, 11) is 1.82. The lowest BCUT2D eigenvalue weighted by Crippen LogP contribution is -2.48. The van der Waals surface area contributed by atoms with Gasteiger partial charge in [-0.25, -0.2) is 9.59 Å². The van der Waals surface area contributed by atoms with Gasteiger partial charge >= 0.3 is 18.3 Å². The van der Waals surface area contributed by atoms with Crippen molar-refractivity contribution in [1.82, 2.24) is 20.4 Å². The molecule has 8 nitrogen and oxygen atoms in total. The van der Waals surface area contributed by atoms with Gasteiger partial charge < -0.3 is 19.9 Å². The summed E-state index contributed by atoms with van der Waals surface area (Å²) >= 11 is 0. The molecule has 0 aromatic rings. The van der Waals surface area contributed by atoms with E-state index in [-0.39, 0.29) is 18.6 Å². The Morgan fingerprint density at radius 2 is 1.71 bits per heavy atom. The molecule has 1 heterocycles. The maximum Gasteiger partial charge on any atom is 0.410 e. The molecule has 4 amide bonds. The molecule has 2 N–H and O–H groups in total. The molecule has 0 aromatic carbocycles. The number of rotatable bonds is 5. The number of piperidine rings is 1. The summed E-state index contributed by atoms with van der Waals surface area (Å²) in [5, 5.41) is 3.45. The van der Waals surface area contributed by atoms with Gasteiger partial charge in [0.1, 0.15) is 12.1 Å². The van der Waals surface area contributed by atoms with Gasteiger partial charge in [0.2, 0.25) is 5.91 Å². The van der Waals surface area contributed by atoms with Crippen LogP contribution in [0.2, 0.25) is 0 Å². The number of nitrogens with zero attached hydrogens (tertiary/aromatic N) is 2. The van der Waals surface area contributed by atoms with E-state index in [9.17, 15) is 27.6 Å². The van der Waals surface area contributed by atoms with E-state index in [0.717, 1.165) is 0 Å². The summed E-state index contributed by atoms with van der Waals surface area (Å²) in [5.74, 6) is -0.655. The first-order valence-corrected chi connectivity index (χ1v) is 9.09. The average molecular weight is 410 g/mol. The van der Waals surface area contributed by atoms with Crippen LogP contribution in [0.1, 0.15) is 40.0 Å². The molecule has 0 radical (unpaired) electrons. The van der Waals surface area contributed by atoms with Crippen LogP contribution < -0.4 is 10.6 Å². The first-order chi connectivity index (χ1) is 12.8. The second kappa shape index (κ2) is 9.94. The number of alkyl halides is 3. The standard InChI is InChI=1S/C17H29F3N4O4/c1-16(2,3)28-15(27)24-9-5-12(6-10-24)23(4)8-7-13(25)22-14(26)21-11-17(18,19)20/h12H,5-11H2,1-4H3,(H2,21,22,25,26). The van der Waals surface area contributed by atoms with Crippen LogP contribution in [-0.2, 0) is 9.53 Å². The summed E-state index contributed by atoms with van der Waals surface area (Å²) in [6.45, 7) is 5.34. The number of ether oxygens (including phenoxy) is 1. The largest absolute Gasteiger partial charge is 0.444 e. The monoisotopic (exact) mass is 410 g/mol. The van der Waals surface area contributed by atoms with Crippen LogP contribution in [0.4, 0.5) is 22.8 Å². The van der Waals surface area contributed by atoms with Crippen molar-refractivity contribution in [3.05, 3.63) is 0 Å². The van der Waals surface area contributed by atoms with Crippen LogP contribution in [0.3, 0.4) is 0 Å². The predicted octanol–water partition coefficient (Wildman–Crippen LogP) is 2.10. The molecule has 0 aliphatic carbocycles. The molecular weight excluding hydrogens is 381 g/mol. The van der Waals surface area contributed by atoms with Crippen molar-refractivity contribution in [2.75, 3.05) is 33.2 Å². The number of carbonyl (C=O) groups excluding carboxylic acids is 3. The maximum absolute atomic E-state index is 12.1. The van der Waals surface area contributed by atoms with Crippen LogP contribution in [0.15, 0.2) is 0 Å². The third-order valence-corrected chi connectivity index (χ3v) is 4.13. The van der Waals surface area contributed by atoms with Gasteiger partial charge in [-0.05, 0) is 40.7 Å². The van der Waals surface area contributed by atoms with E-state index in [1.165, 1.54) is 0 Å². The molecule has 1 aliphatic heterocycles. The minimum absolute atomic E-state index is 0.0256. The lowest BCUT2D eigenvalue weighted by Gasteiger charge is -2.37. The van der Waals surface area contributed by atoms with Gasteiger partial charge in [-0.15, -0.1) is 0 Å². The van der Waals surface area contributed by atoms with Crippen molar-refractivity contribution in [2.45, 2.75) is 57.9 Å². The minimum atomic E-state index is -4.53. The van der Waals surface area contributed by atoms with Gasteiger partial charge in [-0.3, -0.25) is 10.1 Å². The van der Waals surface area contributed by atoms with E-state index >= 15 is 0 Å². The normalized spacial score (nSPS) is 16.1. The fourth-order valence-corrected chi connectivity index (χ4v) is 2.69. The maximum atomic E-state index is 12.1. The highest BCUT2D eigenvalue weighted by atomic mass is 19.4. The molecule has 0 bridgehead atoms. The van der Waals surface area contributed by atoms with Gasteiger partial charge in [0.25, 0.3) is 0 Å². The van der Waals surface area contributed by atoms with Crippen LogP contribution in [-0.4, -0.2) is 78.9 Å². The molecule has 1 saturated heterocycles. The van der Waals surface area contributed by atoms with Crippen molar-refractivity contribution in [1.29, 1.82) is 0 Å². The lowest BCUT2D eigenvalue weighted by molar-refractivity contribution is -0.124. The molecule has 162 valence electrons. The fourth-order valence-electron chi connectivity index (χ4n) is 2.69. The first-order valence-electron chi connectivity index (χ1n) is 9.09. The number of amides is 4. The van der Waals surface area contributed by atoms with Gasteiger partial charge in [-0.1, -0.05) is 0 Å². The van der Waals surface area contributed by atoms with Crippen LogP contribution in [0, 0.1) is 0 Å². The second-order valence-electron chi connectivity index (χ2n) is 7.78. The van der Waals surface area contributed by atoms with E-state index in [2.05, 4.69) is 0 Å². The summed E-state index contributed by atoms with van der Waals surface area (Å²) in [4.78, 5) is 38.6. The molecule has 0 aromatic heterocycles. The molecule has 1 rings (SSSR count). The third-order valence-electron chi connectivity index (χ3n) is 4.13. The highest BCUT2D eigenvalue weighted by molar-refractivity contribution is 5.94. The Morgan fingerprint density at radius 3 is 2.21 bits per heavy atom. The number of urea groups is 1. The van der Waals surface area contributed by atoms with Gasteiger partial charge in [0, 0.05) is 32.1 Å². The molecular formula is C17H29F3N4O4. The summed E-state index contributed by atoms with van der Waals surface area (Å²) < 4.78 is 41.4. The van der Waals surface area contributed by atoms with Crippen molar-refractivity contribution in [3.63, 3.8) is 0 Å². The Labute approximate surface area is 162 Å². The Bertz CT molecular complexity index is 556. The van der Waals surface area contributed by atoms with E-state index in [4.69, 9.17) is 4.74 Å². The molecule has 1 fully saturated rings. The third kappa shape index (κ3) is 9.77. The average Bonchev–Trinajstić information content (AvgIpc) is 2.56. The number of hydrogen-bond acceptors (Lipinski definition) is 5. The highest BCUT2D eigenvalue weighted by Crippen LogP contribution is 2.18. The fraction of sp³-hybridized carbons (Fsp3) is 0.824. The molecule has 28 heavy (non-hydrogen) atoms. The zero-order valence-corrected chi connectivity index (χ0v) is 16.7. The number of halogens is 3. The first kappa shape index (κ1) is 24.0. The quantitative estimate of drug-likeness (QED) is 0.724. The molecule has 0 saturated carbocycles. The molecule has 0 atom stereocenters. The van der Waals surface area contributed by atoms with E-state index < -0.39 is 30.3 Å². The van der Waals surface area contributed by atoms with Crippen molar-refractivity contribution < 1.29 is 32.3 Å². The van der Waals surface area contributed by atoms with Crippen LogP contribution in [0.5, 0.6) is 0 Å². The minimum Gasteiger partial charge on any atom is -0.444 e. The molecule has 0 unspecified atom stereocenters. The predicted molar refractivity (Wildman–Crippen MR) is 95.7 cm³/mol. The zero-order chi connectivity index (χ0) is 21.5. The van der Waals surface area contributed by atoms with E-state index in [0.29, 0.717) is 32.5 Å². The number of hydrogen-bond donors (Lipinski definition) is 2. The van der Waals surface area contributed by atoms with Gasteiger partial charge in [0.15, 0.2) is 0 Å². The Hall–Kier alpha value is -2.04. The van der Waals surface area contributed by atoms with Crippen LogP contribution in [0.25, 0.3) is 0 Å². The van der Waals surface area contributed by atoms with E-state index in [1.54, 1.807) is 31.0 Å². The van der Waals surface area contributed by atoms with Gasteiger partial charge in [-0.2, -0.15) is 13.2 Å². The zero-order valence-electron chi connectivity index (χ0n) is 16.7.